The molecule has 0 N–H and O–H groups in total. The summed E-state index contributed by atoms with van der Waals surface area (Å²) in [6, 6.07) is 10.9. The van der Waals surface area contributed by atoms with Gasteiger partial charge in [-0.25, -0.2) is 0 Å². The van der Waals surface area contributed by atoms with Crippen molar-refractivity contribution in [3.05, 3.63) is 30.3 Å². The van der Waals surface area contributed by atoms with Gasteiger partial charge in [0.1, 0.15) is 0 Å². The van der Waals surface area contributed by atoms with Crippen molar-refractivity contribution in [3.8, 4) is 0 Å². The summed E-state index contributed by atoms with van der Waals surface area (Å²) in [6.07, 6.45) is 0. The zero-order chi connectivity index (χ0) is 8.67. The average Bonchev–Trinajstić information content (AvgIpc) is 3.00. The number of rotatable bonds is 3. The maximum atomic E-state index is 2.58. The minimum atomic E-state index is -0.0849. The first-order valence-corrected chi connectivity index (χ1v) is 6.05. The van der Waals surface area contributed by atoms with E-state index in [0.717, 1.165) is 0 Å². The lowest BCUT2D eigenvalue weighted by Gasteiger charge is -2.18. The lowest BCUT2D eigenvalue weighted by Crippen LogP contribution is -2.11. The maximum absolute atomic E-state index is 2.58. The predicted molar refractivity (Wildman–Crippen MR) is 56.1 cm³/mol. The topological polar surface area (TPSA) is 6.02 Å². The number of hydrogen-bond acceptors (Lipinski definition) is 2. The van der Waals surface area contributed by atoms with Gasteiger partial charge in [0, 0.05) is 31.5 Å². The van der Waals surface area contributed by atoms with E-state index in [9.17, 15) is 0 Å². The summed E-state index contributed by atoms with van der Waals surface area (Å²) in [4.78, 5) is 0. The van der Waals surface area contributed by atoms with Crippen LogP contribution in [0.2, 0.25) is 0 Å². The van der Waals surface area contributed by atoms with Crippen LogP contribution in [0.1, 0.15) is 0 Å². The van der Waals surface area contributed by atoms with E-state index in [4.69, 9.17) is 0 Å². The molecule has 2 saturated heterocycles. The van der Waals surface area contributed by atoms with Crippen molar-refractivity contribution in [3.63, 3.8) is 0 Å². The molecule has 3 rings (SSSR count). The van der Waals surface area contributed by atoms with E-state index in [0.29, 0.717) is 0 Å². The minimum Gasteiger partial charge on any atom is -0.264 e. The van der Waals surface area contributed by atoms with Crippen LogP contribution in [0.4, 0.5) is 0 Å². The second-order valence-electron chi connectivity index (χ2n) is 3.53. The maximum Gasteiger partial charge on any atom is 0.0726 e. The first-order valence-electron chi connectivity index (χ1n) is 4.80. The van der Waals surface area contributed by atoms with E-state index < -0.39 is 0 Å². The third-order valence-electron chi connectivity index (χ3n) is 2.37. The van der Waals surface area contributed by atoms with Gasteiger partial charge in [-0.1, -0.05) is 30.3 Å². The number of hydrogen-bond donors (Lipinski definition) is 0. The van der Waals surface area contributed by atoms with Crippen LogP contribution in [0, 0.1) is 0 Å². The van der Waals surface area contributed by atoms with Crippen LogP contribution in [0.25, 0.3) is 0 Å². The van der Waals surface area contributed by atoms with E-state index in [2.05, 4.69) is 39.7 Å². The van der Waals surface area contributed by atoms with Gasteiger partial charge >= 0.3 is 0 Å². The number of nitrogens with zero attached hydrogens (tertiary/aromatic N) is 2. The summed E-state index contributed by atoms with van der Waals surface area (Å²) < 4.78 is 5.16. The highest BCUT2D eigenvalue weighted by Crippen LogP contribution is 2.51. The molecule has 0 unspecified atom stereocenters. The smallest absolute Gasteiger partial charge is 0.0726 e. The van der Waals surface area contributed by atoms with E-state index >= 15 is 0 Å². The predicted octanol–water partition coefficient (Wildman–Crippen LogP) is 1.25. The molecule has 0 aromatic heterocycles. The summed E-state index contributed by atoms with van der Waals surface area (Å²) in [6.45, 7) is 5.21. The van der Waals surface area contributed by atoms with Crippen molar-refractivity contribution >= 4 is 13.5 Å². The fourth-order valence-electron chi connectivity index (χ4n) is 1.54. The Hall–Kier alpha value is -0.430. The third-order valence-corrected chi connectivity index (χ3v) is 5.00. The van der Waals surface area contributed by atoms with Crippen LogP contribution < -0.4 is 5.30 Å². The Morgan fingerprint density at radius 3 is 1.85 bits per heavy atom. The van der Waals surface area contributed by atoms with E-state index in [1.165, 1.54) is 31.5 Å². The van der Waals surface area contributed by atoms with Crippen molar-refractivity contribution < 1.29 is 0 Å². The van der Waals surface area contributed by atoms with Crippen molar-refractivity contribution in [2.45, 2.75) is 0 Å². The lowest BCUT2D eigenvalue weighted by molar-refractivity contribution is 0.811. The molecule has 0 saturated carbocycles. The van der Waals surface area contributed by atoms with Crippen molar-refractivity contribution in [2.75, 3.05) is 26.2 Å². The van der Waals surface area contributed by atoms with Crippen LogP contribution in [-0.4, -0.2) is 35.5 Å². The largest absolute Gasteiger partial charge is 0.264 e. The van der Waals surface area contributed by atoms with Gasteiger partial charge in [-0.05, 0) is 0 Å². The van der Waals surface area contributed by atoms with Crippen LogP contribution in [0.5, 0.6) is 0 Å². The molecule has 0 atom stereocenters. The Balaban J connectivity index is 1.87. The normalized spacial score (nSPS) is 22.2. The molecule has 2 aliphatic heterocycles. The molecular formula is C10H13N2P. The van der Waals surface area contributed by atoms with Crippen molar-refractivity contribution in [1.29, 1.82) is 0 Å². The molecule has 2 aliphatic rings. The molecular weight excluding hydrogens is 179 g/mol. The van der Waals surface area contributed by atoms with E-state index in [1.54, 1.807) is 0 Å². The molecule has 0 amide bonds. The molecule has 0 spiro atoms. The van der Waals surface area contributed by atoms with Gasteiger partial charge in [0.25, 0.3) is 0 Å². The first kappa shape index (κ1) is 7.93. The third kappa shape index (κ3) is 1.62. The highest BCUT2D eigenvalue weighted by atomic mass is 31.1. The van der Waals surface area contributed by atoms with Gasteiger partial charge in [-0.2, -0.15) is 0 Å². The standard InChI is InChI=1S/C10H13N2P/c1-2-4-10(5-3-1)13(11-6-7-11)12-8-9-12/h1-5H,6-9H2. The van der Waals surface area contributed by atoms with Crippen molar-refractivity contribution in [1.82, 2.24) is 9.34 Å². The summed E-state index contributed by atoms with van der Waals surface area (Å²) >= 11 is 0. The molecule has 2 fully saturated rings. The Morgan fingerprint density at radius 1 is 0.846 bits per heavy atom. The second-order valence-corrected chi connectivity index (χ2v) is 5.76. The van der Waals surface area contributed by atoms with Gasteiger partial charge in [-0.3, -0.25) is 9.34 Å². The summed E-state index contributed by atoms with van der Waals surface area (Å²) in [5, 5.41) is 1.52. The lowest BCUT2D eigenvalue weighted by atomic mass is 10.4. The van der Waals surface area contributed by atoms with Crippen molar-refractivity contribution in [2.24, 2.45) is 0 Å². The van der Waals surface area contributed by atoms with Gasteiger partial charge < -0.3 is 0 Å². The fourth-order valence-corrected chi connectivity index (χ4v) is 3.92. The Labute approximate surface area is 80.0 Å². The average molecular weight is 192 g/mol. The molecule has 0 radical (unpaired) electrons. The zero-order valence-corrected chi connectivity index (χ0v) is 8.45. The van der Waals surface area contributed by atoms with Gasteiger partial charge in [0.05, 0.1) is 8.22 Å². The summed E-state index contributed by atoms with van der Waals surface area (Å²) in [5.74, 6) is 0. The Morgan fingerprint density at radius 2 is 1.38 bits per heavy atom. The molecule has 0 aliphatic carbocycles. The first-order chi connectivity index (χ1) is 6.45. The van der Waals surface area contributed by atoms with Gasteiger partial charge in [0.2, 0.25) is 0 Å². The molecule has 13 heavy (non-hydrogen) atoms. The molecule has 1 aromatic rings. The summed E-state index contributed by atoms with van der Waals surface area (Å²) in [5.41, 5.74) is 0. The molecule has 0 bridgehead atoms. The van der Waals surface area contributed by atoms with Gasteiger partial charge in [0.15, 0.2) is 0 Å². The quantitative estimate of drug-likeness (QED) is 0.525. The Bertz CT molecular complexity index is 281. The van der Waals surface area contributed by atoms with Crippen LogP contribution >= 0.6 is 8.22 Å². The fraction of sp³-hybridized carbons (Fsp3) is 0.400. The monoisotopic (exact) mass is 192 g/mol. The highest BCUT2D eigenvalue weighted by Gasteiger charge is 2.38. The van der Waals surface area contributed by atoms with E-state index in [-0.39, 0.29) is 8.22 Å². The second kappa shape index (κ2) is 3.06. The Kier molecular flexibility index (Phi) is 1.86. The molecule has 68 valence electrons. The van der Waals surface area contributed by atoms with Crippen LogP contribution in [0.15, 0.2) is 30.3 Å². The van der Waals surface area contributed by atoms with E-state index in [1.807, 2.05) is 0 Å². The number of benzene rings is 1. The van der Waals surface area contributed by atoms with Crippen LogP contribution in [-0.2, 0) is 0 Å². The molecule has 2 nitrogen and oxygen atoms in total. The zero-order valence-electron chi connectivity index (χ0n) is 7.56. The molecule has 2 heterocycles. The van der Waals surface area contributed by atoms with Gasteiger partial charge in [-0.15, -0.1) is 0 Å². The summed E-state index contributed by atoms with van der Waals surface area (Å²) in [7, 11) is -0.0849. The molecule has 1 aromatic carbocycles. The molecule has 3 heteroatoms. The SMILES string of the molecule is c1ccc(P(N2CC2)N2CC2)cc1. The van der Waals surface area contributed by atoms with Crippen LogP contribution in [0.3, 0.4) is 0 Å². The minimum absolute atomic E-state index is 0.0849. The highest BCUT2D eigenvalue weighted by molar-refractivity contribution is 7.61.